The summed E-state index contributed by atoms with van der Waals surface area (Å²) in [5.74, 6) is 0.348. The fourth-order valence-corrected chi connectivity index (χ4v) is 0.869. The number of halogens is 3. The molecule has 0 aromatic heterocycles. The SMILES string of the molecule is CC(C)CCC(P)C(F)(F)F. The van der Waals surface area contributed by atoms with Crippen LogP contribution in [0.4, 0.5) is 13.2 Å². The normalized spacial score (nSPS) is 15.5. The van der Waals surface area contributed by atoms with Gasteiger partial charge in [0.15, 0.2) is 0 Å². The van der Waals surface area contributed by atoms with Gasteiger partial charge in [0.2, 0.25) is 0 Å². The Balaban J connectivity index is 3.61. The van der Waals surface area contributed by atoms with Gasteiger partial charge in [-0.25, -0.2) is 0 Å². The van der Waals surface area contributed by atoms with E-state index in [0.717, 1.165) is 0 Å². The van der Waals surface area contributed by atoms with Crippen LogP contribution >= 0.6 is 9.24 Å². The van der Waals surface area contributed by atoms with E-state index < -0.39 is 11.8 Å². The van der Waals surface area contributed by atoms with Gasteiger partial charge in [-0.05, 0) is 12.3 Å². The molecular formula is C7H14F3P. The van der Waals surface area contributed by atoms with Gasteiger partial charge >= 0.3 is 6.18 Å². The largest absolute Gasteiger partial charge is 0.395 e. The Hall–Kier alpha value is 0.220. The lowest BCUT2D eigenvalue weighted by Crippen LogP contribution is -2.22. The molecule has 0 saturated carbocycles. The molecule has 2 unspecified atom stereocenters. The zero-order valence-corrected chi connectivity index (χ0v) is 7.93. The average Bonchev–Trinajstić information content (AvgIpc) is 1.80. The molecule has 0 heterocycles. The lowest BCUT2D eigenvalue weighted by molar-refractivity contribution is -0.130. The van der Waals surface area contributed by atoms with Crippen molar-refractivity contribution in [3.05, 3.63) is 0 Å². The van der Waals surface area contributed by atoms with Gasteiger partial charge in [0, 0.05) is 0 Å². The molecule has 68 valence electrons. The standard InChI is InChI=1S/C7H14F3P/c1-5(2)3-4-6(11)7(8,9)10/h5-6H,3-4,11H2,1-2H3. The third-order valence-electron chi connectivity index (χ3n) is 1.48. The molecule has 0 amide bonds. The first-order valence-corrected chi connectivity index (χ1v) is 4.33. The maximum Gasteiger partial charge on any atom is 0.395 e. The van der Waals surface area contributed by atoms with Crippen molar-refractivity contribution in [2.75, 3.05) is 0 Å². The molecule has 11 heavy (non-hydrogen) atoms. The van der Waals surface area contributed by atoms with Crippen LogP contribution in [-0.4, -0.2) is 11.8 Å². The third-order valence-corrected chi connectivity index (χ3v) is 2.19. The van der Waals surface area contributed by atoms with E-state index in [-0.39, 0.29) is 6.42 Å². The molecule has 2 atom stereocenters. The van der Waals surface area contributed by atoms with Crippen molar-refractivity contribution in [3.63, 3.8) is 0 Å². The molecule has 0 spiro atoms. The molecule has 0 radical (unpaired) electrons. The van der Waals surface area contributed by atoms with E-state index in [2.05, 4.69) is 0 Å². The minimum atomic E-state index is -4.04. The Morgan fingerprint density at radius 2 is 1.64 bits per heavy atom. The van der Waals surface area contributed by atoms with E-state index in [1.807, 2.05) is 23.1 Å². The average molecular weight is 186 g/mol. The molecule has 0 aliphatic heterocycles. The summed E-state index contributed by atoms with van der Waals surface area (Å²) < 4.78 is 35.6. The first-order chi connectivity index (χ1) is 4.84. The fourth-order valence-electron chi connectivity index (χ4n) is 0.677. The lowest BCUT2D eigenvalue weighted by atomic mass is 10.1. The lowest BCUT2D eigenvalue weighted by Gasteiger charge is -2.15. The number of alkyl halides is 3. The highest BCUT2D eigenvalue weighted by Gasteiger charge is 2.35. The Morgan fingerprint density at radius 3 is 1.91 bits per heavy atom. The molecule has 0 aromatic rings. The second-order valence-electron chi connectivity index (χ2n) is 3.12. The van der Waals surface area contributed by atoms with Crippen LogP contribution in [0, 0.1) is 5.92 Å². The van der Waals surface area contributed by atoms with Gasteiger partial charge < -0.3 is 0 Å². The summed E-state index contributed by atoms with van der Waals surface area (Å²) in [7, 11) is 1.84. The predicted octanol–water partition coefficient (Wildman–Crippen LogP) is 3.23. The quantitative estimate of drug-likeness (QED) is 0.593. The highest BCUT2D eigenvalue weighted by molar-refractivity contribution is 7.17. The van der Waals surface area contributed by atoms with E-state index in [9.17, 15) is 13.2 Å². The van der Waals surface area contributed by atoms with Gasteiger partial charge in [-0.3, -0.25) is 0 Å². The van der Waals surface area contributed by atoms with Gasteiger partial charge in [0.05, 0.1) is 5.66 Å². The van der Waals surface area contributed by atoms with Gasteiger partial charge in [-0.1, -0.05) is 20.3 Å². The number of rotatable bonds is 3. The summed E-state index contributed by atoms with van der Waals surface area (Å²) in [5.41, 5.74) is -1.23. The van der Waals surface area contributed by atoms with E-state index >= 15 is 0 Å². The van der Waals surface area contributed by atoms with Gasteiger partial charge in [0.25, 0.3) is 0 Å². The minimum Gasteiger partial charge on any atom is -0.170 e. The van der Waals surface area contributed by atoms with E-state index in [1.54, 1.807) is 0 Å². The van der Waals surface area contributed by atoms with E-state index in [0.29, 0.717) is 12.3 Å². The Morgan fingerprint density at radius 1 is 1.18 bits per heavy atom. The number of hydrogen-bond acceptors (Lipinski definition) is 0. The zero-order chi connectivity index (χ0) is 9.07. The van der Waals surface area contributed by atoms with E-state index in [4.69, 9.17) is 0 Å². The van der Waals surface area contributed by atoms with Crippen LogP contribution in [-0.2, 0) is 0 Å². The summed E-state index contributed by atoms with van der Waals surface area (Å²) in [4.78, 5) is 0. The highest BCUT2D eigenvalue weighted by Crippen LogP contribution is 2.30. The molecule has 0 aromatic carbocycles. The molecule has 0 rings (SSSR count). The van der Waals surface area contributed by atoms with Crippen LogP contribution < -0.4 is 0 Å². The van der Waals surface area contributed by atoms with Crippen molar-refractivity contribution >= 4 is 9.24 Å². The second kappa shape index (κ2) is 4.30. The molecule has 0 bridgehead atoms. The second-order valence-corrected chi connectivity index (χ2v) is 3.92. The molecule has 0 N–H and O–H groups in total. The van der Waals surface area contributed by atoms with Gasteiger partial charge in [-0.15, -0.1) is 9.24 Å². The van der Waals surface area contributed by atoms with Crippen molar-refractivity contribution in [2.24, 2.45) is 5.92 Å². The molecule has 4 heteroatoms. The Labute approximate surface area is 67.8 Å². The smallest absolute Gasteiger partial charge is 0.170 e. The van der Waals surface area contributed by atoms with Crippen molar-refractivity contribution in [1.29, 1.82) is 0 Å². The van der Waals surface area contributed by atoms with Crippen LogP contribution in [0.25, 0.3) is 0 Å². The summed E-state index contributed by atoms with van der Waals surface area (Å²) in [6.45, 7) is 3.85. The summed E-state index contributed by atoms with van der Waals surface area (Å²) in [6.07, 6.45) is -3.20. The molecule has 0 fully saturated rings. The van der Waals surface area contributed by atoms with Crippen LogP contribution in [0.5, 0.6) is 0 Å². The summed E-state index contributed by atoms with van der Waals surface area (Å²) in [5, 5.41) is 0. The van der Waals surface area contributed by atoms with Crippen LogP contribution in [0.2, 0.25) is 0 Å². The molecule has 0 nitrogen and oxygen atoms in total. The summed E-state index contributed by atoms with van der Waals surface area (Å²) in [6, 6.07) is 0. The first-order valence-electron chi connectivity index (χ1n) is 3.66. The molecule has 0 aliphatic rings. The Kier molecular flexibility index (Phi) is 4.38. The third kappa shape index (κ3) is 5.49. The van der Waals surface area contributed by atoms with Crippen molar-refractivity contribution < 1.29 is 13.2 Å². The van der Waals surface area contributed by atoms with Crippen molar-refractivity contribution in [3.8, 4) is 0 Å². The minimum absolute atomic E-state index is 0.214. The Bertz CT molecular complexity index is 109. The van der Waals surface area contributed by atoms with Gasteiger partial charge in [0.1, 0.15) is 0 Å². The highest BCUT2D eigenvalue weighted by atomic mass is 31.0. The maximum atomic E-state index is 11.9. The van der Waals surface area contributed by atoms with Crippen LogP contribution in [0.15, 0.2) is 0 Å². The topological polar surface area (TPSA) is 0 Å². The zero-order valence-electron chi connectivity index (χ0n) is 6.78. The predicted molar refractivity (Wildman–Crippen MR) is 43.6 cm³/mol. The molecule has 0 aliphatic carbocycles. The van der Waals surface area contributed by atoms with Crippen LogP contribution in [0.3, 0.4) is 0 Å². The maximum absolute atomic E-state index is 11.9. The van der Waals surface area contributed by atoms with E-state index in [1.165, 1.54) is 0 Å². The van der Waals surface area contributed by atoms with Crippen molar-refractivity contribution in [1.82, 2.24) is 0 Å². The van der Waals surface area contributed by atoms with Gasteiger partial charge in [-0.2, -0.15) is 13.2 Å². The first kappa shape index (κ1) is 11.2. The fraction of sp³-hybridized carbons (Fsp3) is 1.00. The molecular weight excluding hydrogens is 172 g/mol. The summed E-state index contributed by atoms with van der Waals surface area (Å²) >= 11 is 0. The van der Waals surface area contributed by atoms with Crippen molar-refractivity contribution in [2.45, 2.75) is 38.5 Å². The number of hydrogen-bond donors (Lipinski definition) is 0. The van der Waals surface area contributed by atoms with Crippen LogP contribution in [0.1, 0.15) is 26.7 Å². The molecule has 0 saturated heterocycles. The monoisotopic (exact) mass is 186 g/mol.